The lowest BCUT2D eigenvalue weighted by Crippen LogP contribution is -2.54. The summed E-state index contributed by atoms with van der Waals surface area (Å²) in [6.07, 6.45) is 3.65. The number of nitrogen functional groups attached to an aromatic ring is 1. The van der Waals surface area contributed by atoms with Crippen LogP contribution in [0.25, 0.3) is 11.2 Å². The van der Waals surface area contributed by atoms with Gasteiger partial charge in [-0.3, -0.25) is 9.69 Å². The monoisotopic (exact) mass is 305 g/mol. The molecule has 0 radical (unpaired) electrons. The van der Waals surface area contributed by atoms with Crippen LogP contribution < -0.4 is 11.5 Å². The number of hydrogen-bond acceptors (Lipinski definition) is 7. The van der Waals surface area contributed by atoms with Crippen LogP contribution in [0.5, 0.6) is 0 Å². The highest BCUT2D eigenvalue weighted by atomic mass is 16.3. The number of carbonyl (C=O) groups is 1. The molecule has 2 aromatic rings. The number of hydrogen-bond donors (Lipinski definition) is 3. The van der Waals surface area contributed by atoms with E-state index in [0.29, 0.717) is 36.5 Å². The van der Waals surface area contributed by atoms with Gasteiger partial charge in [0.05, 0.1) is 24.5 Å². The average Bonchev–Trinajstić information content (AvgIpc) is 2.82. The highest BCUT2D eigenvalue weighted by Gasteiger charge is 2.40. The highest BCUT2D eigenvalue weighted by Crippen LogP contribution is 2.33. The number of fused-ring (bicyclic) bond motifs is 1. The Morgan fingerprint density at radius 2 is 2.27 bits per heavy atom. The Bertz CT molecular complexity index is 711. The normalized spacial score (nSPS) is 26.4. The zero-order valence-corrected chi connectivity index (χ0v) is 12.3. The molecule has 2 aromatic heterocycles. The second-order valence-corrected chi connectivity index (χ2v) is 5.92. The Morgan fingerprint density at radius 3 is 2.95 bits per heavy atom. The lowest BCUT2D eigenvalue weighted by molar-refractivity contribution is -0.121. The van der Waals surface area contributed by atoms with Crippen LogP contribution in [-0.4, -0.2) is 60.7 Å². The molecule has 1 aliphatic rings. The number of aromatic nitrogens is 4. The summed E-state index contributed by atoms with van der Waals surface area (Å²) in [5.74, 6) is -0.0857. The number of primary amides is 1. The first-order chi connectivity index (χ1) is 10.4. The maximum Gasteiger partial charge on any atom is 0.231 e. The minimum Gasteiger partial charge on any atom is -0.387 e. The van der Waals surface area contributed by atoms with Crippen molar-refractivity contribution in [1.29, 1.82) is 0 Å². The molecule has 2 atom stereocenters. The Hall–Kier alpha value is -2.26. The number of nitrogens with zero attached hydrogens (tertiary/aromatic N) is 5. The topological polar surface area (TPSA) is 136 Å². The number of amides is 1. The molecular weight excluding hydrogens is 286 g/mol. The Morgan fingerprint density at radius 1 is 1.50 bits per heavy atom. The fraction of sp³-hybridized carbons (Fsp3) is 0.538. The summed E-state index contributed by atoms with van der Waals surface area (Å²) >= 11 is 0. The predicted molar refractivity (Wildman–Crippen MR) is 79.6 cm³/mol. The van der Waals surface area contributed by atoms with Crippen LogP contribution in [0, 0.1) is 0 Å². The molecule has 1 fully saturated rings. The van der Waals surface area contributed by atoms with E-state index in [2.05, 4.69) is 15.0 Å². The minimum absolute atomic E-state index is 0.142. The highest BCUT2D eigenvalue weighted by molar-refractivity contribution is 5.81. The Balaban J connectivity index is 1.91. The third kappa shape index (κ3) is 2.48. The van der Waals surface area contributed by atoms with E-state index in [1.807, 2.05) is 9.47 Å². The molecule has 5 N–H and O–H groups in total. The first-order valence-corrected chi connectivity index (χ1v) is 7.04. The number of nitrogens with two attached hydrogens (primary N) is 2. The van der Waals surface area contributed by atoms with E-state index in [9.17, 15) is 9.90 Å². The largest absolute Gasteiger partial charge is 0.387 e. The predicted octanol–water partition coefficient (Wildman–Crippen LogP) is -1.11. The van der Waals surface area contributed by atoms with E-state index in [0.717, 1.165) is 0 Å². The molecule has 0 aromatic carbocycles. The first-order valence-electron chi connectivity index (χ1n) is 7.04. The molecule has 1 aliphatic heterocycles. The maximum atomic E-state index is 11.1. The van der Waals surface area contributed by atoms with Gasteiger partial charge in [0.1, 0.15) is 11.8 Å². The van der Waals surface area contributed by atoms with Gasteiger partial charge >= 0.3 is 0 Å². The summed E-state index contributed by atoms with van der Waals surface area (Å²) in [4.78, 5) is 25.3. The standard InChI is InChI=1S/C13H19N7O2/c1-13(22)5-19(4-9(14)21)3-2-8(13)20-7-18-10-11(15)16-6-17-12(10)20/h6-8,22H,2-5H2,1H3,(H2,14,21)(H2,15,16,17)/t8-,13-/m1/s1. The van der Waals surface area contributed by atoms with Crippen molar-refractivity contribution in [2.24, 2.45) is 5.73 Å². The van der Waals surface area contributed by atoms with Crippen molar-refractivity contribution in [2.75, 3.05) is 25.4 Å². The molecule has 0 unspecified atom stereocenters. The van der Waals surface area contributed by atoms with Gasteiger partial charge in [0.25, 0.3) is 0 Å². The smallest absolute Gasteiger partial charge is 0.231 e. The molecular formula is C13H19N7O2. The van der Waals surface area contributed by atoms with Gasteiger partial charge in [-0.1, -0.05) is 0 Å². The van der Waals surface area contributed by atoms with E-state index in [1.165, 1.54) is 6.33 Å². The molecule has 1 amide bonds. The second-order valence-electron chi connectivity index (χ2n) is 5.92. The van der Waals surface area contributed by atoms with Crippen molar-refractivity contribution in [3.8, 4) is 0 Å². The fourth-order valence-electron chi connectivity index (χ4n) is 3.15. The Kier molecular flexibility index (Phi) is 3.45. The van der Waals surface area contributed by atoms with Crippen molar-refractivity contribution >= 4 is 22.9 Å². The molecule has 9 heteroatoms. The summed E-state index contributed by atoms with van der Waals surface area (Å²) in [6.45, 7) is 2.88. The van der Waals surface area contributed by atoms with Crippen LogP contribution >= 0.6 is 0 Å². The molecule has 1 saturated heterocycles. The van der Waals surface area contributed by atoms with Crippen LogP contribution in [0.4, 0.5) is 5.82 Å². The van der Waals surface area contributed by atoms with E-state index < -0.39 is 11.5 Å². The van der Waals surface area contributed by atoms with Gasteiger partial charge in [0.15, 0.2) is 11.5 Å². The van der Waals surface area contributed by atoms with Crippen molar-refractivity contribution in [2.45, 2.75) is 25.0 Å². The van der Waals surface area contributed by atoms with Crippen LogP contribution in [-0.2, 0) is 4.79 Å². The van der Waals surface area contributed by atoms with Crippen molar-refractivity contribution in [1.82, 2.24) is 24.4 Å². The van der Waals surface area contributed by atoms with Crippen LogP contribution in [0.15, 0.2) is 12.7 Å². The number of imidazole rings is 1. The number of likely N-dealkylation sites (tertiary alicyclic amines) is 1. The third-order valence-electron chi connectivity index (χ3n) is 4.08. The van der Waals surface area contributed by atoms with Crippen molar-refractivity contribution < 1.29 is 9.90 Å². The lowest BCUT2D eigenvalue weighted by Gasteiger charge is -2.43. The van der Waals surface area contributed by atoms with Crippen LogP contribution in [0.3, 0.4) is 0 Å². The fourth-order valence-corrected chi connectivity index (χ4v) is 3.15. The van der Waals surface area contributed by atoms with E-state index in [4.69, 9.17) is 11.5 Å². The maximum absolute atomic E-state index is 11.1. The van der Waals surface area contributed by atoms with Crippen molar-refractivity contribution in [3.63, 3.8) is 0 Å². The zero-order valence-electron chi connectivity index (χ0n) is 12.3. The van der Waals surface area contributed by atoms with Gasteiger partial charge in [0, 0.05) is 13.1 Å². The second kappa shape index (κ2) is 5.18. The van der Waals surface area contributed by atoms with Crippen molar-refractivity contribution in [3.05, 3.63) is 12.7 Å². The molecule has 22 heavy (non-hydrogen) atoms. The zero-order chi connectivity index (χ0) is 15.9. The molecule has 9 nitrogen and oxygen atoms in total. The van der Waals surface area contributed by atoms with Crippen LogP contribution in [0.2, 0.25) is 0 Å². The molecule has 3 rings (SSSR count). The first kappa shape index (κ1) is 14.7. The molecule has 118 valence electrons. The van der Waals surface area contributed by atoms with Gasteiger partial charge < -0.3 is 21.1 Å². The number of β-amino-alcohol motifs (C(OH)–C–C–N with tert-alkyl or cyclic N) is 1. The van der Waals surface area contributed by atoms with Gasteiger partial charge in [-0.25, -0.2) is 15.0 Å². The SMILES string of the molecule is C[C@@]1(O)CN(CC(N)=O)CC[C@H]1n1cnc2c(N)ncnc21. The molecule has 0 bridgehead atoms. The van der Waals surface area contributed by atoms with Gasteiger partial charge in [0.2, 0.25) is 5.91 Å². The molecule has 3 heterocycles. The van der Waals surface area contributed by atoms with Gasteiger partial charge in [-0.05, 0) is 13.3 Å². The number of aliphatic hydroxyl groups is 1. The van der Waals surface area contributed by atoms with E-state index >= 15 is 0 Å². The van der Waals surface area contributed by atoms with E-state index in [1.54, 1.807) is 13.3 Å². The number of piperidine rings is 1. The summed E-state index contributed by atoms with van der Waals surface area (Å²) < 4.78 is 1.83. The number of rotatable bonds is 3. The summed E-state index contributed by atoms with van der Waals surface area (Å²) in [5, 5.41) is 10.8. The molecule has 0 spiro atoms. The lowest BCUT2D eigenvalue weighted by atomic mass is 9.89. The summed E-state index contributed by atoms with van der Waals surface area (Å²) in [6, 6.07) is -0.212. The number of anilines is 1. The molecule has 0 aliphatic carbocycles. The van der Waals surface area contributed by atoms with E-state index in [-0.39, 0.29) is 12.6 Å². The van der Waals surface area contributed by atoms with Gasteiger partial charge in [-0.15, -0.1) is 0 Å². The minimum atomic E-state index is -1.04. The van der Waals surface area contributed by atoms with Crippen LogP contribution in [0.1, 0.15) is 19.4 Å². The summed E-state index contributed by atoms with van der Waals surface area (Å²) in [5.41, 5.74) is 11.1. The Labute approximate surface area is 127 Å². The summed E-state index contributed by atoms with van der Waals surface area (Å²) in [7, 11) is 0. The third-order valence-corrected chi connectivity index (χ3v) is 4.08. The number of carbonyl (C=O) groups excluding carboxylic acids is 1. The van der Waals surface area contributed by atoms with Gasteiger partial charge in [-0.2, -0.15) is 0 Å². The average molecular weight is 305 g/mol. The quantitative estimate of drug-likeness (QED) is 0.654. The molecule has 0 saturated carbocycles.